The van der Waals surface area contributed by atoms with Gasteiger partial charge in [0.2, 0.25) is 0 Å². The maximum atomic E-state index is 5.51. The lowest BCUT2D eigenvalue weighted by atomic mass is 10.2. The molecule has 2 rings (SSSR count). The third-order valence-electron chi connectivity index (χ3n) is 2.16. The molecule has 94 valence electrons. The number of nitrogens with zero attached hydrogens (tertiary/aromatic N) is 1. The van der Waals surface area contributed by atoms with Crippen LogP contribution < -0.4 is 5.73 Å². The molecule has 0 spiro atoms. The average molecular weight is 236 g/mol. The Bertz CT molecular complexity index is 339. The molecule has 0 aromatic heterocycles. The SMILES string of the molecule is CC.NC1=NC(COCc2ccccc2)CO1. The first kappa shape index (κ1) is 13.5. The third-order valence-corrected chi connectivity index (χ3v) is 2.16. The van der Waals surface area contributed by atoms with E-state index < -0.39 is 0 Å². The van der Waals surface area contributed by atoms with E-state index in [1.54, 1.807) is 0 Å². The van der Waals surface area contributed by atoms with Gasteiger partial charge in [0.25, 0.3) is 6.02 Å². The topological polar surface area (TPSA) is 56.8 Å². The number of aliphatic imine (C=N–C) groups is 1. The van der Waals surface area contributed by atoms with Crippen LogP contribution in [-0.4, -0.2) is 25.3 Å². The van der Waals surface area contributed by atoms with Crippen LogP contribution in [0, 0.1) is 0 Å². The van der Waals surface area contributed by atoms with Crippen molar-refractivity contribution < 1.29 is 9.47 Å². The molecule has 1 aliphatic rings. The molecule has 0 amide bonds. The van der Waals surface area contributed by atoms with E-state index in [4.69, 9.17) is 15.2 Å². The minimum Gasteiger partial charge on any atom is -0.463 e. The van der Waals surface area contributed by atoms with E-state index >= 15 is 0 Å². The molecule has 1 aromatic carbocycles. The van der Waals surface area contributed by atoms with Crippen LogP contribution in [0.1, 0.15) is 19.4 Å². The molecule has 2 N–H and O–H groups in total. The Morgan fingerprint density at radius 3 is 2.65 bits per heavy atom. The summed E-state index contributed by atoms with van der Waals surface area (Å²) in [5, 5.41) is 0. The summed E-state index contributed by atoms with van der Waals surface area (Å²) in [6, 6.07) is 10.4. The van der Waals surface area contributed by atoms with Crippen molar-refractivity contribution in [2.45, 2.75) is 26.5 Å². The summed E-state index contributed by atoms with van der Waals surface area (Å²) < 4.78 is 10.5. The van der Waals surface area contributed by atoms with Gasteiger partial charge in [0.1, 0.15) is 12.6 Å². The number of amidine groups is 1. The van der Waals surface area contributed by atoms with E-state index in [1.807, 2.05) is 44.2 Å². The molecule has 17 heavy (non-hydrogen) atoms. The summed E-state index contributed by atoms with van der Waals surface area (Å²) in [5.74, 6) is 0. The lowest BCUT2D eigenvalue weighted by Crippen LogP contribution is -2.14. The van der Waals surface area contributed by atoms with E-state index in [0.717, 1.165) is 5.56 Å². The smallest absolute Gasteiger partial charge is 0.282 e. The first-order chi connectivity index (χ1) is 8.34. The van der Waals surface area contributed by atoms with E-state index in [9.17, 15) is 0 Å². The van der Waals surface area contributed by atoms with Crippen LogP contribution in [0.3, 0.4) is 0 Å². The predicted molar refractivity (Wildman–Crippen MR) is 68.8 cm³/mol. The number of benzene rings is 1. The van der Waals surface area contributed by atoms with Gasteiger partial charge in [-0.2, -0.15) is 0 Å². The maximum absolute atomic E-state index is 5.51. The number of rotatable bonds is 4. The second-order valence-electron chi connectivity index (χ2n) is 3.43. The molecule has 4 heteroatoms. The number of hydrogen-bond donors (Lipinski definition) is 1. The first-order valence-electron chi connectivity index (χ1n) is 5.92. The molecule has 1 heterocycles. The van der Waals surface area contributed by atoms with Crippen LogP contribution in [0.25, 0.3) is 0 Å². The van der Waals surface area contributed by atoms with Crippen LogP contribution in [0.4, 0.5) is 0 Å². The number of ether oxygens (including phenoxy) is 2. The molecule has 0 saturated carbocycles. The van der Waals surface area contributed by atoms with Crippen molar-refractivity contribution in [1.29, 1.82) is 0 Å². The van der Waals surface area contributed by atoms with Crippen molar-refractivity contribution >= 4 is 6.02 Å². The Morgan fingerprint density at radius 1 is 1.35 bits per heavy atom. The molecule has 0 saturated heterocycles. The van der Waals surface area contributed by atoms with Gasteiger partial charge in [0.05, 0.1) is 13.2 Å². The van der Waals surface area contributed by atoms with Crippen LogP contribution in [0.2, 0.25) is 0 Å². The highest BCUT2D eigenvalue weighted by atomic mass is 16.5. The zero-order valence-corrected chi connectivity index (χ0v) is 10.4. The minimum atomic E-state index is 0.0497. The van der Waals surface area contributed by atoms with Crippen LogP contribution in [-0.2, 0) is 16.1 Å². The summed E-state index contributed by atoms with van der Waals surface area (Å²) in [4.78, 5) is 4.07. The van der Waals surface area contributed by atoms with E-state index in [-0.39, 0.29) is 12.1 Å². The lowest BCUT2D eigenvalue weighted by Gasteiger charge is -2.06. The second kappa shape index (κ2) is 7.68. The zero-order valence-electron chi connectivity index (χ0n) is 10.4. The third kappa shape index (κ3) is 4.87. The van der Waals surface area contributed by atoms with Gasteiger partial charge in [0, 0.05) is 0 Å². The predicted octanol–water partition coefficient (Wildman–Crippen LogP) is 1.94. The largest absolute Gasteiger partial charge is 0.463 e. The normalized spacial score (nSPS) is 17.8. The fourth-order valence-electron chi connectivity index (χ4n) is 1.41. The summed E-state index contributed by atoms with van der Waals surface area (Å²) >= 11 is 0. The van der Waals surface area contributed by atoms with Gasteiger partial charge >= 0.3 is 0 Å². The van der Waals surface area contributed by atoms with Gasteiger partial charge in [-0.05, 0) is 5.56 Å². The van der Waals surface area contributed by atoms with Crippen molar-refractivity contribution in [2.75, 3.05) is 13.2 Å². The second-order valence-corrected chi connectivity index (χ2v) is 3.43. The van der Waals surface area contributed by atoms with Crippen molar-refractivity contribution in [3.05, 3.63) is 35.9 Å². The van der Waals surface area contributed by atoms with Gasteiger partial charge in [-0.1, -0.05) is 44.2 Å². The van der Waals surface area contributed by atoms with Gasteiger partial charge in [-0.3, -0.25) is 0 Å². The molecule has 1 unspecified atom stereocenters. The molecular weight excluding hydrogens is 216 g/mol. The Hall–Kier alpha value is -1.55. The zero-order chi connectivity index (χ0) is 12.5. The quantitative estimate of drug-likeness (QED) is 0.869. The van der Waals surface area contributed by atoms with Crippen LogP contribution in [0.5, 0.6) is 0 Å². The highest BCUT2D eigenvalue weighted by molar-refractivity contribution is 5.73. The standard InChI is InChI=1S/C11H14N2O2.C2H6/c12-11-13-10(8-15-11)7-14-6-9-4-2-1-3-5-9;1-2/h1-5,10H,6-8H2,(H2,12,13);1-2H3. The van der Waals surface area contributed by atoms with E-state index in [0.29, 0.717) is 19.8 Å². The molecule has 1 aliphatic heterocycles. The Kier molecular flexibility index (Phi) is 6.10. The van der Waals surface area contributed by atoms with E-state index in [1.165, 1.54) is 0 Å². The first-order valence-corrected chi connectivity index (χ1v) is 5.92. The number of hydrogen-bond acceptors (Lipinski definition) is 4. The van der Waals surface area contributed by atoms with Gasteiger partial charge in [0.15, 0.2) is 0 Å². The summed E-state index contributed by atoms with van der Waals surface area (Å²) in [7, 11) is 0. The summed E-state index contributed by atoms with van der Waals surface area (Å²) in [6.07, 6.45) is 0. The van der Waals surface area contributed by atoms with Gasteiger partial charge in [-0.15, -0.1) is 0 Å². The highest BCUT2D eigenvalue weighted by Gasteiger charge is 2.16. The van der Waals surface area contributed by atoms with Crippen molar-refractivity contribution in [2.24, 2.45) is 10.7 Å². The van der Waals surface area contributed by atoms with Crippen LogP contribution >= 0.6 is 0 Å². The van der Waals surface area contributed by atoms with Crippen molar-refractivity contribution in [3.8, 4) is 0 Å². The molecule has 0 fully saturated rings. The molecule has 0 bridgehead atoms. The summed E-state index contributed by atoms with van der Waals surface area (Å²) in [6.45, 7) is 5.68. The molecule has 1 aromatic rings. The van der Waals surface area contributed by atoms with Crippen molar-refractivity contribution in [3.63, 3.8) is 0 Å². The molecule has 4 nitrogen and oxygen atoms in total. The van der Waals surface area contributed by atoms with Gasteiger partial charge < -0.3 is 15.2 Å². The Balaban J connectivity index is 0.000000686. The highest BCUT2D eigenvalue weighted by Crippen LogP contribution is 2.05. The fourth-order valence-corrected chi connectivity index (χ4v) is 1.41. The monoisotopic (exact) mass is 236 g/mol. The van der Waals surface area contributed by atoms with Crippen LogP contribution in [0.15, 0.2) is 35.3 Å². The molecule has 1 atom stereocenters. The maximum Gasteiger partial charge on any atom is 0.282 e. The van der Waals surface area contributed by atoms with Gasteiger partial charge in [-0.25, -0.2) is 4.99 Å². The molecule has 0 aliphatic carbocycles. The molecular formula is C13H20N2O2. The molecule has 0 radical (unpaired) electrons. The summed E-state index contributed by atoms with van der Waals surface area (Å²) in [5.41, 5.74) is 6.54. The average Bonchev–Trinajstić information content (AvgIpc) is 2.79. The van der Waals surface area contributed by atoms with Crippen molar-refractivity contribution in [1.82, 2.24) is 0 Å². The van der Waals surface area contributed by atoms with E-state index in [2.05, 4.69) is 4.99 Å². The number of nitrogens with two attached hydrogens (primary N) is 1. The Morgan fingerprint density at radius 2 is 2.06 bits per heavy atom. The minimum absolute atomic E-state index is 0.0497. The lowest BCUT2D eigenvalue weighted by molar-refractivity contribution is 0.100. The fraction of sp³-hybridized carbons (Fsp3) is 0.462. The Labute approximate surface area is 102 Å².